The summed E-state index contributed by atoms with van der Waals surface area (Å²) >= 11 is 0. The standard InChI is InChI=1S/C15H21N3O2/c1-4-8-18-12-10-14(20-3)13(19-2)9-11(12)17-15(18)6-5-7-16/h4,9-10H,1,5-8,16H2,2-3H3. The summed E-state index contributed by atoms with van der Waals surface area (Å²) in [5.41, 5.74) is 7.51. The number of imidazole rings is 1. The van der Waals surface area contributed by atoms with E-state index in [1.165, 1.54) is 0 Å². The summed E-state index contributed by atoms with van der Waals surface area (Å²) < 4.78 is 12.8. The van der Waals surface area contributed by atoms with Crippen molar-refractivity contribution in [1.82, 2.24) is 9.55 Å². The molecule has 0 aliphatic carbocycles. The third kappa shape index (κ3) is 2.63. The van der Waals surface area contributed by atoms with Crippen molar-refractivity contribution < 1.29 is 9.47 Å². The summed E-state index contributed by atoms with van der Waals surface area (Å²) in [6.45, 7) is 5.18. The molecule has 0 saturated heterocycles. The highest BCUT2D eigenvalue weighted by Gasteiger charge is 2.14. The molecule has 5 nitrogen and oxygen atoms in total. The molecule has 1 aromatic carbocycles. The molecule has 0 spiro atoms. The minimum Gasteiger partial charge on any atom is -0.493 e. The van der Waals surface area contributed by atoms with Crippen LogP contribution in [0.15, 0.2) is 24.8 Å². The molecule has 2 N–H and O–H groups in total. The Bertz CT molecular complexity index is 605. The van der Waals surface area contributed by atoms with E-state index in [1.54, 1.807) is 14.2 Å². The van der Waals surface area contributed by atoms with Crippen molar-refractivity contribution in [2.24, 2.45) is 5.73 Å². The van der Waals surface area contributed by atoms with Crippen LogP contribution in [0.2, 0.25) is 0 Å². The van der Waals surface area contributed by atoms with Crippen LogP contribution in [-0.4, -0.2) is 30.3 Å². The number of aryl methyl sites for hydroxylation is 1. The number of rotatable bonds is 7. The molecule has 108 valence electrons. The van der Waals surface area contributed by atoms with Gasteiger partial charge in [-0.3, -0.25) is 0 Å². The van der Waals surface area contributed by atoms with Crippen molar-refractivity contribution >= 4 is 11.0 Å². The summed E-state index contributed by atoms with van der Waals surface area (Å²) in [5, 5.41) is 0. The van der Waals surface area contributed by atoms with Crippen LogP contribution in [0.3, 0.4) is 0 Å². The van der Waals surface area contributed by atoms with Crippen LogP contribution in [0.5, 0.6) is 11.5 Å². The van der Waals surface area contributed by atoms with Gasteiger partial charge in [0.15, 0.2) is 11.5 Å². The van der Waals surface area contributed by atoms with Crippen molar-refractivity contribution in [3.63, 3.8) is 0 Å². The molecule has 0 aliphatic rings. The minimum atomic E-state index is 0.657. The third-order valence-electron chi connectivity index (χ3n) is 3.25. The topological polar surface area (TPSA) is 62.3 Å². The average Bonchev–Trinajstić information content (AvgIpc) is 2.81. The fourth-order valence-electron chi connectivity index (χ4n) is 2.29. The van der Waals surface area contributed by atoms with E-state index in [0.29, 0.717) is 24.6 Å². The first-order valence-electron chi connectivity index (χ1n) is 6.67. The third-order valence-corrected chi connectivity index (χ3v) is 3.25. The Balaban J connectivity index is 2.57. The minimum absolute atomic E-state index is 0.657. The number of fused-ring (bicyclic) bond motifs is 1. The van der Waals surface area contributed by atoms with Gasteiger partial charge in [-0.15, -0.1) is 6.58 Å². The average molecular weight is 275 g/mol. The molecule has 0 atom stereocenters. The van der Waals surface area contributed by atoms with Crippen LogP contribution in [0, 0.1) is 0 Å². The number of ether oxygens (including phenoxy) is 2. The molecule has 0 radical (unpaired) electrons. The van der Waals surface area contributed by atoms with E-state index in [0.717, 1.165) is 29.7 Å². The molecular formula is C15H21N3O2. The molecule has 0 saturated carbocycles. The lowest BCUT2D eigenvalue weighted by molar-refractivity contribution is 0.355. The Hall–Kier alpha value is -2.01. The first kappa shape index (κ1) is 14.4. The maximum absolute atomic E-state index is 5.59. The Labute approximate surface area is 119 Å². The van der Waals surface area contributed by atoms with Gasteiger partial charge < -0.3 is 19.8 Å². The molecule has 2 rings (SSSR count). The molecule has 1 heterocycles. The monoisotopic (exact) mass is 275 g/mol. The molecule has 1 aromatic heterocycles. The van der Waals surface area contributed by atoms with Crippen molar-refractivity contribution in [2.75, 3.05) is 20.8 Å². The van der Waals surface area contributed by atoms with E-state index in [9.17, 15) is 0 Å². The molecule has 2 aromatic rings. The van der Waals surface area contributed by atoms with E-state index in [2.05, 4.69) is 16.1 Å². The number of allylic oxidation sites excluding steroid dienone is 1. The lowest BCUT2D eigenvalue weighted by Crippen LogP contribution is -2.06. The number of aromatic nitrogens is 2. The van der Waals surface area contributed by atoms with Crippen LogP contribution in [0.25, 0.3) is 11.0 Å². The number of nitrogens with two attached hydrogens (primary N) is 1. The zero-order valence-electron chi connectivity index (χ0n) is 12.1. The highest BCUT2D eigenvalue weighted by atomic mass is 16.5. The van der Waals surface area contributed by atoms with Gasteiger partial charge in [-0.25, -0.2) is 4.98 Å². The van der Waals surface area contributed by atoms with Crippen molar-refractivity contribution in [2.45, 2.75) is 19.4 Å². The van der Waals surface area contributed by atoms with Gasteiger partial charge >= 0.3 is 0 Å². The van der Waals surface area contributed by atoms with Crippen LogP contribution >= 0.6 is 0 Å². The molecule has 0 aliphatic heterocycles. The number of hydrogen-bond donors (Lipinski definition) is 1. The normalized spacial score (nSPS) is 10.8. The number of hydrogen-bond acceptors (Lipinski definition) is 4. The first-order valence-corrected chi connectivity index (χ1v) is 6.67. The van der Waals surface area contributed by atoms with Crippen molar-refractivity contribution in [1.29, 1.82) is 0 Å². The van der Waals surface area contributed by atoms with Gasteiger partial charge in [-0.05, 0) is 13.0 Å². The van der Waals surface area contributed by atoms with Crippen LogP contribution < -0.4 is 15.2 Å². The SMILES string of the molecule is C=CCn1c(CCCN)nc2cc(OC)c(OC)cc21. The van der Waals surface area contributed by atoms with Gasteiger partial charge in [0, 0.05) is 25.1 Å². The highest BCUT2D eigenvalue weighted by molar-refractivity contribution is 5.80. The number of nitrogens with zero attached hydrogens (tertiary/aromatic N) is 2. The summed E-state index contributed by atoms with van der Waals surface area (Å²) in [6.07, 6.45) is 3.63. The fourth-order valence-corrected chi connectivity index (χ4v) is 2.29. The fraction of sp³-hybridized carbons (Fsp3) is 0.400. The zero-order valence-corrected chi connectivity index (χ0v) is 12.1. The zero-order chi connectivity index (χ0) is 14.5. The highest BCUT2D eigenvalue weighted by Crippen LogP contribution is 2.32. The molecule has 0 fully saturated rings. The summed E-state index contributed by atoms with van der Waals surface area (Å²) in [6, 6.07) is 3.86. The Morgan fingerprint density at radius 3 is 2.60 bits per heavy atom. The largest absolute Gasteiger partial charge is 0.493 e. The predicted molar refractivity (Wildman–Crippen MR) is 80.4 cm³/mol. The van der Waals surface area contributed by atoms with Crippen LogP contribution in [-0.2, 0) is 13.0 Å². The molecular weight excluding hydrogens is 254 g/mol. The molecule has 0 amide bonds. The van der Waals surface area contributed by atoms with E-state index in [4.69, 9.17) is 15.2 Å². The van der Waals surface area contributed by atoms with Crippen LogP contribution in [0.4, 0.5) is 0 Å². The van der Waals surface area contributed by atoms with Crippen LogP contribution in [0.1, 0.15) is 12.2 Å². The maximum Gasteiger partial charge on any atom is 0.163 e. The van der Waals surface area contributed by atoms with Gasteiger partial charge in [0.05, 0.1) is 25.3 Å². The number of methoxy groups -OCH3 is 2. The van der Waals surface area contributed by atoms with Gasteiger partial charge in [-0.1, -0.05) is 6.08 Å². The first-order chi connectivity index (χ1) is 9.74. The van der Waals surface area contributed by atoms with E-state index >= 15 is 0 Å². The second kappa shape index (κ2) is 6.43. The summed E-state index contributed by atoms with van der Waals surface area (Å²) in [5.74, 6) is 2.41. The summed E-state index contributed by atoms with van der Waals surface area (Å²) in [7, 11) is 3.26. The summed E-state index contributed by atoms with van der Waals surface area (Å²) in [4.78, 5) is 4.68. The van der Waals surface area contributed by atoms with Gasteiger partial charge in [0.25, 0.3) is 0 Å². The Morgan fingerprint density at radius 1 is 1.30 bits per heavy atom. The van der Waals surface area contributed by atoms with E-state index in [-0.39, 0.29) is 0 Å². The Morgan fingerprint density at radius 2 is 2.00 bits per heavy atom. The quantitative estimate of drug-likeness (QED) is 0.786. The lowest BCUT2D eigenvalue weighted by atomic mass is 10.2. The maximum atomic E-state index is 5.59. The molecule has 0 unspecified atom stereocenters. The lowest BCUT2D eigenvalue weighted by Gasteiger charge is -2.09. The van der Waals surface area contributed by atoms with Crippen molar-refractivity contribution in [3.8, 4) is 11.5 Å². The second-order valence-corrected chi connectivity index (χ2v) is 4.52. The number of benzene rings is 1. The Kier molecular flexibility index (Phi) is 4.63. The van der Waals surface area contributed by atoms with E-state index in [1.807, 2.05) is 18.2 Å². The predicted octanol–water partition coefficient (Wildman–Crippen LogP) is 2.13. The molecule has 5 heteroatoms. The molecule has 20 heavy (non-hydrogen) atoms. The molecule has 0 bridgehead atoms. The van der Waals surface area contributed by atoms with E-state index < -0.39 is 0 Å². The van der Waals surface area contributed by atoms with Gasteiger partial charge in [0.2, 0.25) is 0 Å². The second-order valence-electron chi connectivity index (χ2n) is 4.52. The van der Waals surface area contributed by atoms with Crippen molar-refractivity contribution in [3.05, 3.63) is 30.6 Å². The van der Waals surface area contributed by atoms with Gasteiger partial charge in [0.1, 0.15) is 5.82 Å². The smallest absolute Gasteiger partial charge is 0.163 e. The van der Waals surface area contributed by atoms with Gasteiger partial charge in [-0.2, -0.15) is 0 Å².